The van der Waals surface area contributed by atoms with Crippen LogP contribution in [0.3, 0.4) is 0 Å². The molecule has 16 heavy (non-hydrogen) atoms. The first kappa shape index (κ1) is 11.0. The van der Waals surface area contributed by atoms with Crippen LogP contribution in [0.4, 0.5) is 4.39 Å². The molecule has 0 atom stereocenters. The number of aromatic nitrogens is 2. The molecule has 0 saturated heterocycles. The first-order valence-corrected chi connectivity index (χ1v) is 5.36. The van der Waals surface area contributed by atoms with E-state index in [1.807, 2.05) is 6.92 Å². The van der Waals surface area contributed by atoms with Gasteiger partial charge in [-0.05, 0) is 25.1 Å². The van der Waals surface area contributed by atoms with Crippen molar-refractivity contribution in [2.45, 2.75) is 6.92 Å². The molecule has 0 amide bonds. The standard InChI is InChI=1S/C11H8BrFN2O/c1-7-2-3-14-11(15-7)16-10-5-8(12)4-9(13)6-10/h2-6H,1H3. The second-order valence-corrected chi connectivity index (χ2v) is 4.10. The maximum absolute atomic E-state index is 13.1. The Labute approximate surface area is 100 Å². The predicted molar refractivity (Wildman–Crippen MR) is 60.9 cm³/mol. The largest absolute Gasteiger partial charge is 0.424 e. The lowest BCUT2D eigenvalue weighted by atomic mass is 10.3. The monoisotopic (exact) mass is 282 g/mol. The molecule has 0 bridgehead atoms. The highest BCUT2D eigenvalue weighted by Gasteiger charge is 2.03. The van der Waals surface area contributed by atoms with Crippen LogP contribution in [0.15, 0.2) is 34.9 Å². The van der Waals surface area contributed by atoms with Gasteiger partial charge in [-0.3, -0.25) is 0 Å². The van der Waals surface area contributed by atoms with Crippen molar-refractivity contribution in [1.29, 1.82) is 0 Å². The number of nitrogens with zero attached hydrogens (tertiary/aromatic N) is 2. The number of rotatable bonds is 2. The van der Waals surface area contributed by atoms with E-state index in [-0.39, 0.29) is 11.8 Å². The van der Waals surface area contributed by atoms with E-state index in [9.17, 15) is 4.39 Å². The van der Waals surface area contributed by atoms with E-state index in [2.05, 4.69) is 25.9 Å². The number of halogens is 2. The van der Waals surface area contributed by atoms with Crippen molar-refractivity contribution in [1.82, 2.24) is 9.97 Å². The molecule has 0 N–H and O–H groups in total. The Morgan fingerprint density at radius 3 is 2.81 bits per heavy atom. The molecule has 82 valence electrons. The molecule has 2 rings (SSSR count). The van der Waals surface area contributed by atoms with Crippen molar-refractivity contribution in [3.63, 3.8) is 0 Å². The van der Waals surface area contributed by atoms with Gasteiger partial charge >= 0.3 is 6.01 Å². The zero-order valence-corrected chi connectivity index (χ0v) is 10.0. The molecular weight excluding hydrogens is 275 g/mol. The molecular formula is C11H8BrFN2O. The zero-order chi connectivity index (χ0) is 11.5. The third-order valence-corrected chi connectivity index (χ3v) is 2.28. The fourth-order valence-corrected chi connectivity index (χ4v) is 1.61. The number of aryl methyl sites for hydroxylation is 1. The zero-order valence-electron chi connectivity index (χ0n) is 8.45. The highest BCUT2D eigenvalue weighted by Crippen LogP contribution is 2.23. The Balaban J connectivity index is 2.27. The van der Waals surface area contributed by atoms with E-state index >= 15 is 0 Å². The molecule has 0 aliphatic heterocycles. The highest BCUT2D eigenvalue weighted by molar-refractivity contribution is 9.10. The minimum absolute atomic E-state index is 0.206. The van der Waals surface area contributed by atoms with Crippen molar-refractivity contribution in [2.75, 3.05) is 0 Å². The SMILES string of the molecule is Cc1ccnc(Oc2cc(F)cc(Br)c2)n1. The number of hydrogen-bond donors (Lipinski definition) is 0. The molecule has 3 nitrogen and oxygen atoms in total. The molecule has 1 aromatic heterocycles. The second kappa shape index (κ2) is 4.57. The first-order chi connectivity index (χ1) is 7.63. The third-order valence-electron chi connectivity index (χ3n) is 1.82. The second-order valence-electron chi connectivity index (χ2n) is 3.19. The summed E-state index contributed by atoms with van der Waals surface area (Å²) < 4.78 is 19.0. The summed E-state index contributed by atoms with van der Waals surface area (Å²) in [6.07, 6.45) is 1.59. The quantitative estimate of drug-likeness (QED) is 0.846. The van der Waals surface area contributed by atoms with Gasteiger partial charge in [-0.1, -0.05) is 15.9 Å². The Morgan fingerprint density at radius 2 is 2.12 bits per heavy atom. The summed E-state index contributed by atoms with van der Waals surface area (Å²) in [6.45, 7) is 1.83. The fraction of sp³-hybridized carbons (Fsp3) is 0.0909. The van der Waals surface area contributed by atoms with Crippen molar-refractivity contribution in [3.8, 4) is 11.8 Å². The van der Waals surface area contributed by atoms with E-state index in [0.29, 0.717) is 10.2 Å². The lowest BCUT2D eigenvalue weighted by Gasteiger charge is -2.04. The minimum Gasteiger partial charge on any atom is -0.424 e. The molecule has 2 aromatic rings. The van der Waals surface area contributed by atoms with Gasteiger partial charge in [-0.25, -0.2) is 14.4 Å². The maximum Gasteiger partial charge on any atom is 0.322 e. The molecule has 0 aliphatic carbocycles. The average Bonchev–Trinajstić information content (AvgIpc) is 2.15. The van der Waals surface area contributed by atoms with Gasteiger partial charge in [0.2, 0.25) is 0 Å². The summed E-state index contributed by atoms with van der Waals surface area (Å²) in [6, 6.07) is 6.24. The van der Waals surface area contributed by atoms with Crippen LogP contribution in [0.1, 0.15) is 5.69 Å². The van der Waals surface area contributed by atoms with Crippen LogP contribution in [-0.2, 0) is 0 Å². The van der Waals surface area contributed by atoms with Gasteiger partial charge in [0.05, 0.1) is 0 Å². The van der Waals surface area contributed by atoms with Gasteiger partial charge in [-0.15, -0.1) is 0 Å². The summed E-state index contributed by atoms with van der Waals surface area (Å²) in [4.78, 5) is 7.98. The lowest BCUT2D eigenvalue weighted by molar-refractivity contribution is 0.436. The van der Waals surface area contributed by atoms with Gasteiger partial charge in [0.25, 0.3) is 0 Å². The Kier molecular flexibility index (Phi) is 3.14. The number of ether oxygens (including phenoxy) is 1. The van der Waals surface area contributed by atoms with Crippen molar-refractivity contribution in [3.05, 3.63) is 46.4 Å². The van der Waals surface area contributed by atoms with Crippen LogP contribution >= 0.6 is 15.9 Å². The normalized spacial score (nSPS) is 10.2. The van der Waals surface area contributed by atoms with Crippen LogP contribution in [-0.4, -0.2) is 9.97 Å². The number of benzene rings is 1. The molecule has 0 saturated carbocycles. The average molecular weight is 283 g/mol. The van der Waals surface area contributed by atoms with Gasteiger partial charge in [-0.2, -0.15) is 0 Å². The van der Waals surface area contributed by atoms with Crippen LogP contribution in [0.5, 0.6) is 11.8 Å². The molecule has 0 unspecified atom stereocenters. The van der Waals surface area contributed by atoms with E-state index in [0.717, 1.165) is 5.69 Å². The van der Waals surface area contributed by atoms with Gasteiger partial charge < -0.3 is 4.74 Å². The summed E-state index contributed by atoms with van der Waals surface area (Å²) in [5.41, 5.74) is 0.792. The topological polar surface area (TPSA) is 35.0 Å². The van der Waals surface area contributed by atoms with Crippen LogP contribution in [0.2, 0.25) is 0 Å². The number of hydrogen-bond acceptors (Lipinski definition) is 3. The van der Waals surface area contributed by atoms with E-state index in [4.69, 9.17) is 4.74 Å². The molecule has 1 aromatic carbocycles. The van der Waals surface area contributed by atoms with Crippen LogP contribution < -0.4 is 4.74 Å². The first-order valence-electron chi connectivity index (χ1n) is 4.57. The smallest absolute Gasteiger partial charge is 0.322 e. The Morgan fingerprint density at radius 1 is 1.31 bits per heavy atom. The Hall–Kier alpha value is -1.49. The molecule has 0 fully saturated rings. The van der Waals surface area contributed by atoms with Crippen molar-refractivity contribution in [2.24, 2.45) is 0 Å². The van der Waals surface area contributed by atoms with Crippen molar-refractivity contribution >= 4 is 15.9 Å². The lowest BCUT2D eigenvalue weighted by Crippen LogP contribution is -1.93. The molecule has 5 heteroatoms. The molecule has 1 heterocycles. The van der Waals surface area contributed by atoms with E-state index in [1.54, 1.807) is 18.3 Å². The van der Waals surface area contributed by atoms with Crippen LogP contribution in [0.25, 0.3) is 0 Å². The van der Waals surface area contributed by atoms with Gasteiger partial charge in [0, 0.05) is 22.4 Å². The summed E-state index contributed by atoms with van der Waals surface area (Å²) >= 11 is 3.18. The Bertz CT molecular complexity index is 499. The molecule has 0 spiro atoms. The summed E-state index contributed by atoms with van der Waals surface area (Å²) in [5.74, 6) is -0.0190. The summed E-state index contributed by atoms with van der Waals surface area (Å²) in [7, 11) is 0. The fourth-order valence-electron chi connectivity index (χ4n) is 1.17. The summed E-state index contributed by atoms with van der Waals surface area (Å²) in [5, 5.41) is 0. The minimum atomic E-state index is -0.378. The van der Waals surface area contributed by atoms with E-state index < -0.39 is 0 Å². The maximum atomic E-state index is 13.1. The predicted octanol–water partition coefficient (Wildman–Crippen LogP) is 3.48. The third kappa shape index (κ3) is 2.76. The molecule has 0 aliphatic rings. The van der Waals surface area contributed by atoms with Gasteiger partial charge in [0.15, 0.2) is 0 Å². The molecule has 0 radical (unpaired) electrons. The highest BCUT2D eigenvalue weighted by atomic mass is 79.9. The van der Waals surface area contributed by atoms with Crippen molar-refractivity contribution < 1.29 is 9.13 Å². The van der Waals surface area contributed by atoms with Crippen LogP contribution in [0, 0.1) is 12.7 Å². The van der Waals surface area contributed by atoms with E-state index in [1.165, 1.54) is 12.1 Å². The van der Waals surface area contributed by atoms with Gasteiger partial charge in [0.1, 0.15) is 11.6 Å².